The molecule has 0 radical (unpaired) electrons. The lowest BCUT2D eigenvalue weighted by Gasteiger charge is -2.12. The number of carbonyl (C=O) groups excluding carboxylic acids is 1. The molecule has 0 amide bonds. The number of aromatic nitrogens is 2. The Hall–Kier alpha value is -2.63. The van der Waals surface area contributed by atoms with Gasteiger partial charge in [-0.3, -0.25) is 9.36 Å². The van der Waals surface area contributed by atoms with Crippen molar-refractivity contribution in [2.24, 2.45) is 7.05 Å². The Morgan fingerprint density at radius 2 is 1.86 bits per heavy atom. The molecule has 6 nitrogen and oxygen atoms in total. The number of aryl methyl sites for hydroxylation is 1. The zero-order chi connectivity index (χ0) is 16.3. The Bertz CT molecular complexity index is 748. The summed E-state index contributed by atoms with van der Waals surface area (Å²) >= 11 is 0. The highest BCUT2D eigenvalue weighted by Gasteiger charge is 2.21. The maximum atomic E-state index is 12.3. The van der Waals surface area contributed by atoms with Crippen LogP contribution in [0.25, 0.3) is 0 Å². The number of esters is 1. The standard InChI is InChI=1S/C16H18N2O4/c1-10-5-7-11(8-6-10)9-12-17-13(16(20)22-4)14(21-3)15(19)18(12)2/h5-8H,9H2,1-4H3. The Morgan fingerprint density at radius 3 is 2.41 bits per heavy atom. The Kier molecular flexibility index (Phi) is 4.60. The van der Waals surface area contributed by atoms with E-state index in [0.29, 0.717) is 12.2 Å². The molecule has 0 aliphatic heterocycles. The van der Waals surface area contributed by atoms with Crippen LogP contribution < -0.4 is 10.3 Å². The number of carbonyl (C=O) groups is 1. The van der Waals surface area contributed by atoms with Gasteiger partial charge in [0.1, 0.15) is 5.82 Å². The van der Waals surface area contributed by atoms with Gasteiger partial charge in [0.05, 0.1) is 14.2 Å². The molecule has 116 valence electrons. The molecule has 1 aromatic heterocycles. The van der Waals surface area contributed by atoms with E-state index in [4.69, 9.17) is 4.74 Å². The van der Waals surface area contributed by atoms with Crippen molar-refractivity contribution in [3.05, 3.63) is 57.3 Å². The van der Waals surface area contributed by atoms with Gasteiger partial charge in [-0.1, -0.05) is 29.8 Å². The van der Waals surface area contributed by atoms with Crippen molar-refractivity contribution in [1.82, 2.24) is 9.55 Å². The van der Waals surface area contributed by atoms with E-state index in [2.05, 4.69) is 9.72 Å². The van der Waals surface area contributed by atoms with Gasteiger partial charge in [0.15, 0.2) is 5.69 Å². The summed E-state index contributed by atoms with van der Waals surface area (Å²) in [7, 11) is 4.16. The topological polar surface area (TPSA) is 70.4 Å². The average Bonchev–Trinajstić information content (AvgIpc) is 2.53. The quantitative estimate of drug-likeness (QED) is 0.800. The molecule has 22 heavy (non-hydrogen) atoms. The summed E-state index contributed by atoms with van der Waals surface area (Å²) < 4.78 is 11.0. The molecule has 0 saturated carbocycles. The lowest BCUT2D eigenvalue weighted by Crippen LogP contribution is -2.27. The summed E-state index contributed by atoms with van der Waals surface area (Å²) in [6.45, 7) is 2.00. The lowest BCUT2D eigenvalue weighted by molar-refractivity contribution is 0.0588. The van der Waals surface area contributed by atoms with Gasteiger partial charge in [-0.15, -0.1) is 0 Å². The lowest BCUT2D eigenvalue weighted by atomic mass is 10.1. The molecule has 2 rings (SSSR count). The number of nitrogens with zero attached hydrogens (tertiary/aromatic N) is 2. The maximum Gasteiger partial charge on any atom is 0.360 e. The first kappa shape index (κ1) is 15.8. The van der Waals surface area contributed by atoms with Crippen molar-refractivity contribution in [3.63, 3.8) is 0 Å². The number of methoxy groups -OCH3 is 2. The summed E-state index contributed by atoms with van der Waals surface area (Å²) in [6.07, 6.45) is 0.431. The van der Waals surface area contributed by atoms with Crippen LogP contribution in [-0.4, -0.2) is 29.7 Å². The summed E-state index contributed by atoms with van der Waals surface area (Å²) in [5.74, 6) is -0.336. The first-order chi connectivity index (χ1) is 10.5. The zero-order valence-electron chi connectivity index (χ0n) is 13.0. The molecule has 0 fully saturated rings. The van der Waals surface area contributed by atoms with E-state index in [1.165, 1.54) is 18.8 Å². The minimum atomic E-state index is -0.695. The van der Waals surface area contributed by atoms with Crippen LogP contribution in [0.1, 0.15) is 27.4 Å². The normalized spacial score (nSPS) is 10.4. The van der Waals surface area contributed by atoms with Crippen LogP contribution in [0.5, 0.6) is 5.75 Å². The third kappa shape index (κ3) is 3.00. The Morgan fingerprint density at radius 1 is 1.23 bits per heavy atom. The highest BCUT2D eigenvalue weighted by Crippen LogP contribution is 2.14. The highest BCUT2D eigenvalue weighted by molar-refractivity contribution is 5.90. The zero-order valence-corrected chi connectivity index (χ0v) is 13.0. The number of hydrogen-bond acceptors (Lipinski definition) is 5. The smallest absolute Gasteiger partial charge is 0.360 e. The van der Waals surface area contributed by atoms with Gasteiger partial charge >= 0.3 is 5.97 Å². The fourth-order valence-corrected chi connectivity index (χ4v) is 2.09. The minimum Gasteiger partial charge on any atom is -0.489 e. The van der Waals surface area contributed by atoms with E-state index in [9.17, 15) is 9.59 Å². The summed E-state index contributed by atoms with van der Waals surface area (Å²) in [6, 6.07) is 7.89. The van der Waals surface area contributed by atoms with Gasteiger partial charge in [-0.2, -0.15) is 0 Å². The summed E-state index contributed by atoms with van der Waals surface area (Å²) in [4.78, 5) is 28.3. The van der Waals surface area contributed by atoms with E-state index in [-0.39, 0.29) is 11.4 Å². The molecule has 2 aromatic rings. The van der Waals surface area contributed by atoms with Crippen LogP contribution in [0.3, 0.4) is 0 Å². The molecular formula is C16H18N2O4. The van der Waals surface area contributed by atoms with Crippen LogP contribution in [0.4, 0.5) is 0 Å². The van der Waals surface area contributed by atoms with Crippen LogP contribution in [0, 0.1) is 6.92 Å². The minimum absolute atomic E-state index is 0.102. The van der Waals surface area contributed by atoms with E-state index in [1.807, 2.05) is 31.2 Å². The van der Waals surface area contributed by atoms with Crippen LogP contribution >= 0.6 is 0 Å². The van der Waals surface area contributed by atoms with E-state index < -0.39 is 11.5 Å². The van der Waals surface area contributed by atoms with Crippen LogP contribution in [0.15, 0.2) is 29.1 Å². The second kappa shape index (κ2) is 6.43. The first-order valence-electron chi connectivity index (χ1n) is 6.75. The molecule has 0 unspecified atom stereocenters. The summed E-state index contributed by atoms with van der Waals surface area (Å²) in [5, 5.41) is 0. The second-order valence-corrected chi connectivity index (χ2v) is 4.93. The van der Waals surface area contributed by atoms with E-state index in [0.717, 1.165) is 11.1 Å². The van der Waals surface area contributed by atoms with Gasteiger partial charge in [0, 0.05) is 13.5 Å². The molecule has 0 atom stereocenters. The Balaban J connectivity index is 2.52. The fourth-order valence-electron chi connectivity index (χ4n) is 2.09. The van der Waals surface area contributed by atoms with Gasteiger partial charge in [0.25, 0.3) is 5.56 Å². The van der Waals surface area contributed by atoms with Crippen molar-refractivity contribution in [2.45, 2.75) is 13.3 Å². The third-order valence-electron chi connectivity index (χ3n) is 3.41. The number of rotatable bonds is 4. The average molecular weight is 302 g/mol. The van der Waals surface area contributed by atoms with Crippen LogP contribution in [0.2, 0.25) is 0 Å². The molecule has 6 heteroatoms. The fraction of sp³-hybridized carbons (Fsp3) is 0.312. The van der Waals surface area contributed by atoms with Gasteiger partial charge < -0.3 is 9.47 Å². The second-order valence-electron chi connectivity index (χ2n) is 4.93. The van der Waals surface area contributed by atoms with E-state index >= 15 is 0 Å². The predicted octanol–water partition coefficient (Wildman–Crippen LogP) is 1.47. The van der Waals surface area contributed by atoms with Gasteiger partial charge in [-0.05, 0) is 12.5 Å². The van der Waals surface area contributed by atoms with Crippen molar-refractivity contribution in [2.75, 3.05) is 14.2 Å². The van der Waals surface area contributed by atoms with Crippen molar-refractivity contribution < 1.29 is 14.3 Å². The Labute approximate surface area is 128 Å². The number of hydrogen-bond donors (Lipinski definition) is 0. The largest absolute Gasteiger partial charge is 0.489 e. The highest BCUT2D eigenvalue weighted by atomic mass is 16.5. The number of benzene rings is 1. The van der Waals surface area contributed by atoms with Gasteiger partial charge in [-0.25, -0.2) is 9.78 Å². The van der Waals surface area contributed by atoms with Crippen molar-refractivity contribution >= 4 is 5.97 Å². The molecule has 0 saturated heterocycles. The molecule has 0 bridgehead atoms. The molecule has 0 spiro atoms. The SMILES string of the molecule is COC(=O)c1nc(Cc2ccc(C)cc2)n(C)c(=O)c1OC. The molecule has 0 aliphatic carbocycles. The molecule has 0 N–H and O–H groups in total. The molecule has 0 aliphatic rings. The molecule has 1 aromatic carbocycles. The predicted molar refractivity (Wildman–Crippen MR) is 81.4 cm³/mol. The molecular weight excluding hydrogens is 284 g/mol. The molecule has 1 heterocycles. The van der Waals surface area contributed by atoms with Crippen LogP contribution in [-0.2, 0) is 18.2 Å². The van der Waals surface area contributed by atoms with Crippen molar-refractivity contribution in [3.8, 4) is 5.75 Å². The third-order valence-corrected chi connectivity index (χ3v) is 3.41. The summed E-state index contributed by atoms with van der Waals surface area (Å²) in [5.41, 5.74) is 1.62. The van der Waals surface area contributed by atoms with Gasteiger partial charge in [0.2, 0.25) is 5.75 Å². The number of ether oxygens (including phenoxy) is 2. The maximum absolute atomic E-state index is 12.3. The van der Waals surface area contributed by atoms with E-state index in [1.54, 1.807) is 7.05 Å². The first-order valence-corrected chi connectivity index (χ1v) is 6.75. The monoisotopic (exact) mass is 302 g/mol. The van der Waals surface area contributed by atoms with Crippen molar-refractivity contribution in [1.29, 1.82) is 0 Å².